The molecule has 5 rings (SSSR count). The second-order valence-corrected chi connectivity index (χ2v) is 7.95. The highest BCUT2D eigenvalue weighted by Crippen LogP contribution is 2.22. The summed E-state index contributed by atoms with van der Waals surface area (Å²) in [6, 6.07) is 25.5. The molecule has 0 saturated heterocycles. The molecule has 0 spiro atoms. The maximum Gasteiger partial charge on any atom is 0.289 e. The Kier molecular flexibility index (Phi) is 5.90. The fraction of sp³-hybridized carbons (Fsp3) is 0.0741. The Balaban J connectivity index is 1.19. The standard InChI is InChI=1S/C27H23N5O2/c1-18-6-8-19(9-7-18)17-34-22-12-10-20(11-13-22)25-14-26(31-30-25)27(33)32-29-16-21-15-28-24-5-3-2-4-23(21)24/h2-16,28H,17H2,1H3,(H,30,31)(H,32,33). The number of nitrogens with zero attached hydrogens (tertiary/aromatic N) is 2. The molecular weight excluding hydrogens is 426 g/mol. The zero-order chi connectivity index (χ0) is 23.3. The Morgan fingerprint density at radius 2 is 1.85 bits per heavy atom. The maximum atomic E-state index is 12.5. The van der Waals surface area contributed by atoms with E-state index in [9.17, 15) is 4.79 Å². The van der Waals surface area contributed by atoms with Gasteiger partial charge < -0.3 is 9.72 Å². The number of hydrogen-bond acceptors (Lipinski definition) is 4. The van der Waals surface area contributed by atoms with Crippen LogP contribution in [0.1, 0.15) is 27.2 Å². The van der Waals surface area contributed by atoms with Gasteiger partial charge in [0.15, 0.2) is 0 Å². The number of benzene rings is 3. The van der Waals surface area contributed by atoms with Crippen molar-refractivity contribution in [1.29, 1.82) is 0 Å². The summed E-state index contributed by atoms with van der Waals surface area (Å²) in [4.78, 5) is 15.6. The van der Waals surface area contributed by atoms with Crippen LogP contribution < -0.4 is 10.2 Å². The number of ether oxygens (including phenoxy) is 1. The lowest BCUT2D eigenvalue weighted by Gasteiger charge is -2.07. The highest BCUT2D eigenvalue weighted by Gasteiger charge is 2.11. The highest BCUT2D eigenvalue weighted by atomic mass is 16.5. The number of carbonyl (C=O) groups is 1. The lowest BCUT2D eigenvalue weighted by atomic mass is 10.1. The first kappa shape index (κ1) is 21.2. The van der Waals surface area contributed by atoms with Gasteiger partial charge in [-0.2, -0.15) is 10.2 Å². The molecule has 2 aromatic heterocycles. The van der Waals surface area contributed by atoms with E-state index in [1.54, 1.807) is 12.3 Å². The molecule has 0 bridgehead atoms. The van der Waals surface area contributed by atoms with Crippen LogP contribution in [0.3, 0.4) is 0 Å². The second kappa shape index (κ2) is 9.46. The molecule has 0 aliphatic heterocycles. The first-order valence-corrected chi connectivity index (χ1v) is 10.9. The van der Waals surface area contributed by atoms with E-state index in [0.29, 0.717) is 18.0 Å². The first-order valence-electron chi connectivity index (χ1n) is 10.9. The van der Waals surface area contributed by atoms with E-state index in [0.717, 1.165) is 33.3 Å². The largest absolute Gasteiger partial charge is 0.489 e. The van der Waals surface area contributed by atoms with Gasteiger partial charge in [-0.3, -0.25) is 9.89 Å². The molecule has 3 aromatic carbocycles. The van der Waals surface area contributed by atoms with Crippen molar-refractivity contribution in [3.05, 3.63) is 107 Å². The van der Waals surface area contributed by atoms with Gasteiger partial charge in [0, 0.05) is 28.2 Å². The summed E-state index contributed by atoms with van der Waals surface area (Å²) in [6.07, 6.45) is 3.46. The van der Waals surface area contributed by atoms with E-state index in [1.807, 2.05) is 54.7 Å². The smallest absolute Gasteiger partial charge is 0.289 e. The summed E-state index contributed by atoms with van der Waals surface area (Å²) in [5.74, 6) is 0.400. The number of H-pyrrole nitrogens is 2. The van der Waals surface area contributed by atoms with Crippen LogP contribution in [0, 0.1) is 6.92 Å². The zero-order valence-corrected chi connectivity index (χ0v) is 18.6. The summed E-state index contributed by atoms with van der Waals surface area (Å²) < 4.78 is 5.86. The van der Waals surface area contributed by atoms with E-state index in [1.165, 1.54) is 5.56 Å². The highest BCUT2D eigenvalue weighted by molar-refractivity contribution is 6.00. The molecular formula is C27H23N5O2. The third-order valence-corrected chi connectivity index (χ3v) is 5.49. The van der Waals surface area contributed by atoms with Crippen molar-refractivity contribution in [2.24, 2.45) is 5.10 Å². The van der Waals surface area contributed by atoms with Gasteiger partial charge in [-0.25, -0.2) is 5.43 Å². The number of rotatable bonds is 7. The number of nitrogens with one attached hydrogen (secondary N) is 3. The molecule has 0 aliphatic rings. The zero-order valence-electron chi connectivity index (χ0n) is 18.6. The normalized spacial score (nSPS) is 11.2. The van der Waals surface area contributed by atoms with E-state index in [-0.39, 0.29) is 5.91 Å². The maximum absolute atomic E-state index is 12.5. The van der Waals surface area contributed by atoms with E-state index < -0.39 is 0 Å². The number of carbonyl (C=O) groups excluding carboxylic acids is 1. The molecule has 0 unspecified atom stereocenters. The summed E-state index contributed by atoms with van der Waals surface area (Å²) in [5, 5.41) is 12.1. The van der Waals surface area contributed by atoms with Crippen molar-refractivity contribution in [2.45, 2.75) is 13.5 Å². The Bertz CT molecular complexity index is 1450. The van der Waals surface area contributed by atoms with Crippen molar-refractivity contribution in [3.8, 4) is 17.0 Å². The van der Waals surface area contributed by atoms with Crippen molar-refractivity contribution >= 4 is 23.0 Å². The van der Waals surface area contributed by atoms with Crippen LogP contribution in [0.15, 0.2) is 90.2 Å². The van der Waals surface area contributed by atoms with Gasteiger partial charge in [0.2, 0.25) is 0 Å². The van der Waals surface area contributed by atoms with Crippen LogP contribution >= 0.6 is 0 Å². The topological polar surface area (TPSA) is 95.2 Å². The van der Waals surface area contributed by atoms with Gasteiger partial charge in [0.25, 0.3) is 5.91 Å². The molecule has 34 heavy (non-hydrogen) atoms. The van der Waals surface area contributed by atoms with E-state index in [2.05, 4.69) is 56.9 Å². The van der Waals surface area contributed by atoms with Gasteiger partial charge in [0.1, 0.15) is 18.1 Å². The molecule has 1 amide bonds. The van der Waals surface area contributed by atoms with Gasteiger partial charge in [-0.15, -0.1) is 0 Å². The van der Waals surface area contributed by atoms with Crippen LogP contribution in [-0.2, 0) is 6.61 Å². The Morgan fingerprint density at radius 1 is 1.06 bits per heavy atom. The summed E-state index contributed by atoms with van der Waals surface area (Å²) in [7, 11) is 0. The Hall–Kier alpha value is -4.65. The van der Waals surface area contributed by atoms with Crippen LogP contribution in [0.2, 0.25) is 0 Å². The van der Waals surface area contributed by atoms with Crippen molar-refractivity contribution in [1.82, 2.24) is 20.6 Å². The monoisotopic (exact) mass is 449 g/mol. The lowest BCUT2D eigenvalue weighted by Crippen LogP contribution is -2.17. The molecule has 0 aliphatic carbocycles. The quantitative estimate of drug-likeness (QED) is 0.235. The van der Waals surface area contributed by atoms with Gasteiger partial charge >= 0.3 is 0 Å². The summed E-state index contributed by atoms with van der Waals surface area (Å²) in [5.41, 5.74) is 8.65. The number of para-hydroxylation sites is 1. The molecule has 3 N–H and O–H groups in total. The number of hydrogen-bond donors (Lipinski definition) is 3. The summed E-state index contributed by atoms with van der Waals surface area (Å²) in [6.45, 7) is 2.57. The molecule has 7 heteroatoms. The minimum atomic E-state index is -0.368. The van der Waals surface area contributed by atoms with Gasteiger partial charge in [0.05, 0.1) is 11.9 Å². The number of fused-ring (bicyclic) bond motifs is 1. The number of aromatic amines is 2. The predicted octanol–water partition coefficient (Wildman–Crippen LogP) is 5.21. The third kappa shape index (κ3) is 4.73. The number of aryl methyl sites for hydroxylation is 1. The van der Waals surface area contributed by atoms with Gasteiger partial charge in [-0.05, 0) is 48.9 Å². The average molecular weight is 450 g/mol. The SMILES string of the molecule is Cc1ccc(COc2ccc(-c3cc(C(=O)NN=Cc4c[nH]c5ccccc45)[nH]n3)cc2)cc1. The lowest BCUT2D eigenvalue weighted by molar-refractivity contribution is 0.0950. The molecule has 0 saturated carbocycles. The number of aromatic nitrogens is 3. The predicted molar refractivity (Wildman–Crippen MR) is 133 cm³/mol. The minimum absolute atomic E-state index is 0.325. The van der Waals surface area contributed by atoms with Crippen LogP contribution in [0.4, 0.5) is 0 Å². The molecule has 0 atom stereocenters. The molecule has 5 aromatic rings. The average Bonchev–Trinajstić information content (AvgIpc) is 3.52. The molecule has 0 radical (unpaired) electrons. The first-order chi connectivity index (χ1) is 16.7. The Morgan fingerprint density at radius 3 is 2.68 bits per heavy atom. The molecule has 7 nitrogen and oxygen atoms in total. The fourth-order valence-electron chi connectivity index (χ4n) is 3.58. The Labute approximate surface area is 196 Å². The summed E-state index contributed by atoms with van der Waals surface area (Å²) >= 11 is 0. The van der Waals surface area contributed by atoms with E-state index >= 15 is 0 Å². The minimum Gasteiger partial charge on any atom is -0.489 e. The van der Waals surface area contributed by atoms with Crippen LogP contribution in [0.5, 0.6) is 5.75 Å². The van der Waals surface area contributed by atoms with Crippen molar-refractivity contribution in [3.63, 3.8) is 0 Å². The van der Waals surface area contributed by atoms with Crippen molar-refractivity contribution in [2.75, 3.05) is 0 Å². The third-order valence-electron chi connectivity index (χ3n) is 5.49. The fourth-order valence-corrected chi connectivity index (χ4v) is 3.58. The van der Waals surface area contributed by atoms with Crippen molar-refractivity contribution < 1.29 is 9.53 Å². The molecule has 2 heterocycles. The van der Waals surface area contributed by atoms with E-state index in [4.69, 9.17) is 4.74 Å². The van der Waals surface area contributed by atoms with Crippen LogP contribution in [-0.4, -0.2) is 27.3 Å². The van der Waals surface area contributed by atoms with Gasteiger partial charge in [-0.1, -0.05) is 48.0 Å². The van der Waals surface area contributed by atoms with Crippen LogP contribution in [0.25, 0.3) is 22.2 Å². The second-order valence-electron chi connectivity index (χ2n) is 7.95. The number of amides is 1. The molecule has 168 valence electrons. The molecule has 0 fully saturated rings. The number of hydrazone groups is 1.